The standard InChI is InChI=1S/C13H28N2O2/c1-3-4-5-6-7-9-13(2,12(16)17)15-11-8-10-14/h15H,3-11,14H2,1-2H3,(H,16,17). The van der Waals surface area contributed by atoms with Crippen LogP contribution in [0.4, 0.5) is 0 Å². The molecule has 1 unspecified atom stereocenters. The Bertz CT molecular complexity index is 210. The minimum Gasteiger partial charge on any atom is -0.480 e. The second-order valence-electron chi connectivity index (χ2n) is 4.87. The van der Waals surface area contributed by atoms with E-state index in [4.69, 9.17) is 5.73 Å². The molecule has 0 rings (SSSR count). The van der Waals surface area contributed by atoms with Gasteiger partial charge in [-0.25, -0.2) is 0 Å². The van der Waals surface area contributed by atoms with Crippen LogP contribution >= 0.6 is 0 Å². The molecule has 0 fully saturated rings. The summed E-state index contributed by atoms with van der Waals surface area (Å²) in [6.07, 6.45) is 7.26. The highest BCUT2D eigenvalue weighted by molar-refractivity contribution is 5.78. The summed E-state index contributed by atoms with van der Waals surface area (Å²) < 4.78 is 0. The molecule has 0 aromatic rings. The van der Waals surface area contributed by atoms with Gasteiger partial charge in [0.05, 0.1) is 0 Å². The molecule has 0 aromatic heterocycles. The van der Waals surface area contributed by atoms with E-state index in [1.807, 2.05) is 0 Å². The fraction of sp³-hybridized carbons (Fsp3) is 0.923. The van der Waals surface area contributed by atoms with Gasteiger partial charge in [-0.05, 0) is 32.9 Å². The molecule has 0 saturated heterocycles. The van der Waals surface area contributed by atoms with Crippen molar-refractivity contribution < 1.29 is 9.90 Å². The first-order valence-electron chi connectivity index (χ1n) is 6.75. The predicted molar refractivity (Wildman–Crippen MR) is 71.1 cm³/mol. The lowest BCUT2D eigenvalue weighted by molar-refractivity contribution is -0.144. The summed E-state index contributed by atoms with van der Waals surface area (Å²) >= 11 is 0. The van der Waals surface area contributed by atoms with Crippen molar-refractivity contribution in [2.24, 2.45) is 5.73 Å². The molecule has 0 aliphatic heterocycles. The van der Waals surface area contributed by atoms with Crippen molar-refractivity contribution >= 4 is 5.97 Å². The van der Waals surface area contributed by atoms with Crippen LogP contribution in [0.2, 0.25) is 0 Å². The number of nitrogens with one attached hydrogen (secondary N) is 1. The summed E-state index contributed by atoms with van der Waals surface area (Å²) in [6, 6.07) is 0. The average molecular weight is 244 g/mol. The molecule has 0 aliphatic rings. The topological polar surface area (TPSA) is 75.3 Å². The van der Waals surface area contributed by atoms with Crippen LogP contribution in [0, 0.1) is 0 Å². The maximum atomic E-state index is 11.2. The summed E-state index contributed by atoms with van der Waals surface area (Å²) in [5, 5.41) is 12.3. The lowest BCUT2D eigenvalue weighted by Gasteiger charge is -2.26. The molecule has 0 amide bonds. The van der Waals surface area contributed by atoms with Gasteiger partial charge in [0.15, 0.2) is 0 Å². The highest BCUT2D eigenvalue weighted by Crippen LogP contribution is 2.16. The normalized spacial score (nSPS) is 14.5. The van der Waals surface area contributed by atoms with Gasteiger partial charge < -0.3 is 16.2 Å². The van der Waals surface area contributed by atoms with E-state index in [1.165, 1.54) is 19.3 Å². The largest absolute Gasteiger partial charge is 0.480 e. The lowest BCUT2D eigenvalue weighted by Crippen LogP contribution is -2.50. The Labute approximate surface area is 105 Å². The number of carboxylic acids is 1. The zero-order valence-corrected chi connectivity index (χ0v) is 11.3. The third-order valence-corrected chi connectivity index (χ3v) is 3.15. The van der Waals surface area contributed by atoms with E-state index in [2.05, 4.69) is 12.2 Å². The molecule has 0 aromatic carbocycles. The van der Waals surface area contributed by atoms with Crippen molar-refractivity contribution in [3.8, 4) is 0 Å². The van der Waals surface area contributed by atoms with E-state index in [1.54, 1.807) is 6.92 Å². The summed E-state index contributed by atoms with van der Waals surface area (Å²) in [5.74, 6) is -0.759. The van der Waals surface area contributed by atoms with Crippen LogP contribution in [0.25, 0.3) is 0 Å². The van der Waals surface area contributed by atoms with Gasteiger partial charge >= 0.3 is 5.97 Å². The number of aliphatic carboxylic acids is 1. The predicted octanol–water partition coefficient (Wildman–Crippen LogP) is 2.13. The number of hydrogen-bond donors (Lipinski definition) is 3. The molecule has 4 nitrogen and oxygen atoms in total. The third kappa shape index (κ3) is 7.34. The van der Waals surface area contributed by atoms with Crippen LogP contribution < -0.4 is 11.1 Å². The Morgan fingerprint density at radius 3 is 2.41 bits per heavy atom. The Morgan fingerprint density at radius 1 is 1.24 bits per heavy atom. The van der Waals surface area contributed by atoms with Gasteiger partial charge in [0.25, 0.3) is 0 Å². The third-order valence-electron chi connectivity index (χ3n) is 3.15. The molecule has 0 saturated carbocycles. The van der Waals surface area contributed by atoms with Crippen molar-refractivity contribution in [2.75, 3.05) is 13.1 Å². The Morgan fingerprint density at radius 2 is 1.88 bits per heavy atom. The van der Waals surface area contributed by atoms with Gasteiger partial charge in [0, 0.05) is 0 Å². The second kappa shape index (κ2) is 9.42. The molecule has 17 heavy (non-hydrogen) atoms. The molecule has 0 aliphatic carbocycles. The number of rotatable bonds is 11. The number of hydrogen-bond acceptors (Lipinski definition) is 3. The van der Waals surface area contributed by atoms with E-state index >= 15 is 0 Å². The van der Waals surface area contributed by atoms with Crippen LogP contribution in [0.5, 0.6) is 0 Å². The smallest absolute Gasteiger partial charge is 0.323 e. The van der Waals surface area contributed by atoms with Gasteiger partial charge in [0.2, 0.25) is 0 Å². The van der Waals surface area contributed by atoms with Gasteiger partial charge in [0.1, 0.15) is 5.54 Å². The molecular formula is C13H28N2O2. The van der Waals surface area contributed by atoms with E-state index in [9.17, 15) is 9.90 Å². The van der Waals surface area contributed by atoms with Crippen molar-refractivity contribution in [2.45, 2.75) is 64.3 Å². The number of carboxylic acid groups (broad SMARTS) is 1. The summed E-state index contributed by atoms with van der Waals surface area (Å²) in [4.78, 5) is 11.2. The average Bonchev–Trinajstić information content (AvgIpc) is 2.29. The highest BCUT2D eigenvalue weighted by atomic mass is 16.4. The maximum absolute atomic E-state index is 11.2. The zero-order valence-electron chi connectivity index (χ0n) is 11.3. The van der Waals surface area contributed by atoms with E-state index in [0.29, 0.717) is 19.5 Å². The molecule has 4 heteroatoms. The molecule has 4 N–H and O–H groups in total. The Balaban J connectivity index is 3.91. The molecule has 102 valence electrons. The van der Waals surface area contributed by atoms with Gasteiger partial charge in [-0.2, -0.15) is 0 Å². The monoisotopic (exact) mass is 244 g/mol. The molecule has 0 radical (unpaired) electrons. The molecule has 0 bridgehead atoms. The number of nitrogens with two attached hydrogens (primary N) is 1. The fourth-order valence-corrected chi connectivity index (χ4v) is 1.82. The second-order valence-corrected chi connectivity index (χ2v) is 4.87. The van der Waals surface area contributed by atoms with Crippen molar-refractivity contribution in [3.05, 3.63) is 0 Å². The molecular weight excluding hydrogens is 216 g/mol. The fourth-order valence-electron chi connectivity index (χ4n) is 1.82. The van der Waals surface area contributed by atoms with Crippen molar-refractivity contribution in [3.63, 3.8) is 0 Å². The van der Waals surface area contributed by atoms with E-state index in [0.717, 1.165) is 19.3 Å². The summed E-state index contributed by atoms with van der Waals surface area (Å²) in [5.41, 5.74) is 4.61. The van der Waals surface area contributed by atoms with Crippen LogP contribution in [-0.2, 0) is 4.79 Å². The van der Waals surface area contributed by atoms with Crippen LogP contribution in [-0.4, -0.2) is 29.7 Å². The summed E-state index contributed by atoms with van der Waals surface area (Å²) in [6.45, 7) is 5.22. The zero-order chi connectivity index (χ0) is 13.1. The molecule has 1 atom stereocenters. The van der Waals surface area contributed by atoms with Gasteiger partial charge in [-0.1, -0.05) is 39.0 Å². The van der Waals surface area contributed by atoms with Crippen molar-refractivity contribution in [1.82, 2.24) is 5.32 Å². The van der Waals surface area contributed by atoms with Crippen LogP contribution in [0.3, 0.4) is 0 Å². The van der Waals surface area contributed by atoms with Crippen LogP contribution in [0.15, 0.2) is 0 Å². The Kier molecular flexibility index (Phi) is 9.09. The maximum Gasteiger partial charge on any atom is 0.323 e. The lowest BCUT2D eigenvalue weighted by atomic mass is 9.94. The van der Waals surface area contributed by atoms with Crippen LogP contribution in [0.1, 0.15) is 58.8 Å². The quantitative estimate of drug-likeness (QED) is 0.487. The van der Waals surface area contributed by atoms with Gasteiger partial charge in [-0.3, -0.25) is 4.79 Å². The Hall–Kier alpha value is -0.610. The van der Waals surface area contributed by atoms with Gasteiger partial charge in [-0.15, -0.1) is 0 Å². The SMILES string of the molecule is CCCCCCCC(C)(NCCCN)C(=O)O. The minimum atomic E-state index is -0.790. The van der Waals surface area contributed by atoms with Crippen molar-refractivity contribution in [1.29, 1.82) is 0 Å². The number of unbranched alkanes of at least 4 members (excludes halogenated alkanes) is 4. The molecule has 0 spiro atoms. The molecule has 0 heterocycles. The first-order chi connectivity index (χ1) is 8.06. The summed E-state index contributed by atoms with van der Waals surface area (Å²) in [7, 11) is 0. The van der Waals surface area contributed by atoms with E-state index < -0.39 is 11.5 Å². The number of carbonyl (C=O) groups is 1. The highest BCUT2D eigenvalue weighted by Gasteiger charge is 2.31. The first kappa shape index (κ1) is 16.4. The minimum absolute atomic E-state index is 0.596. The first-order valence-corrected chi connectivity index (χ1v) is 6.75. The van der Waals surface area contributed by atoms with E-state index in [-0.39, 0.29) is 0 Å².